The summed E-state index contributed by atoms with van der Waals surface area (Å²) in [4.78, 5) is 13.3. The SMILES string of the molecule is CC1CCNCCN1C(=O)C(Cl)(Cl)Cl. The summed E-state index contributed by atoms with van der Waals surface area (Å²) in [7, 11) is 0. The van der Waals surface area contributed by atoms with Gasteiger partial charge in [0, 0.05) is 19.1 Å². The number of hydrogen-bond donors (Lipinski definition) is 1. The second kappa shape index (κ2) is 4.88. The number of nitrogens with one attached hydrogen (secondary N) is 1. The quantitative estimate of drug-likeness (QED) is 0.670. The van der Waals surface area contributed by atoms with Crippen LogP contribution in [0.3, 0.4) is 0 Å². The lowest BCUT2D eigenvalue weighted by atomic mass is 10.2. The van der Waals surface area contributed by atoms with E-state index < -0.39 is 9.70 Å². The number of hydrogen-bond acceptors (Lipinski definition) is 2. The van der Waals surface area contributed by atoms with Gasteiger partial charge in [0.15, 0.2) is 0 Å². The topological polar surface area (TPSA) is 32.3 Å². The van der Waals surface area contributed by atoms with Gasteiger partial charge in [0.1, 0.15) is 0 Å². The van der Waals surface area contributed by atoms with Crippen LogP contribution in [0.2, 0.25) is 0 Å². The molecule has 0 aromatic carbocycles. The van der Waals surface area contributed by atoms with Crippen molar-refractivity contribution < 1.29 is 4.79 Å². The Hall–Kier alpha value is 0.300. The minimum absolute atomic E-state index is 0.119. The average Bonchev–Trinajstić information content (AvgIpc) is 2.27. The lowest BCUT2D eigenvalue weighted by Gasteiger charge is -2.29. The Balaban J connectivity index is 2.69. The molecular formula is C8H13Cl3N2O. The fraction of sp³-hybridized carbons (Fsp3) is 0.875. The number of carbonyl (C=O) groups is 1. The van der Waals surface area contributed by atoms with E-state index in [1.807, 2.05) is 6.92 Å². The Kier molecular flexibility index (Phi) is 4.31. The van der Waals surface area contributed by atoms with Crippen LogP contribution >= 0.6 is 34.8 Å². The molecule has 1 saturated heterocycles. The van der Waals surface area contributed by atoms with Crippen molar-refractivity contribution in [1.29, 1.82) is 0 Å². The molecule has 82 valence electrons. The summed E-state index contributed by atoms with van der Waals surface area (Å²) >= 11 is 16.7. The van der Waals surface area contributed by atoms with Crippen molar-refractivity contribution >= 4 is 40.7 Å². The summed E-state index contributed by atoms with van der Waals surface area (Å²) in [5, 5.41) is 3.19. The molecule has 1 fully saturated rings. The average molecular weight is 260 g/mol. The van der Waals surface area contributed by atoms with Crippen LogP contribution in [0.1, 0.15) is 13.3 Å². The van der Waals surface area contributed by atoms with Crippen LogP contribution < -0.4 is 5.32 Å². The fourth-order valence-electron chi connectivity index (χ4n) is 1.48. The van der Waals surface area contributed by atoms with Crippen LogP contribution in [-0.2, 0) is 4.79 Å². The molecule has 0 bridgehead atoms. The van der Waals surface area contributed by atoms with Crippen LogP contribution in [0, 0.1) is 0 Å². The lowest BCUT2D eigenvalue weighted by molar-refractivity contribution is -0.131. The molecule has 1 unspecified atom stereocenters. The zero-order chi connectivity index (χ0) is 10.8. The highest BCUT2D eigenvalue weighted by molar-refractivity contribution is 6.76. The van der Waals surface area contributed by atoms with E-state index in [0.717, 1.165) is 19.5 Å². The van der Waals surface area contributed by atoms with Crippen molar-refractivity contribution in [1.82, 2.24) is 10.2 Å². The molecule has 0 radical (unpaired) electrons. The van der Waals surface area contributed by atoms with Crippen molar-refractivity contribution in [2.24, 2.45) is 0 Å². The van der Waals surface area contributed by atoms with Gasteiger partial charge in [-0.2, -0.15) is 0 Å². The van der Waals surface area contributed by atoms with E-state index in [2.05, 4.69) is 5.32 Å². The third-order valence-corrected chi connectivity index (χ3v) is 2.79. The molecule has 1 atom stereocenters. The zero-order valence-electron chi connectivity index (χ0n) is 7.90. The molecule has 1 aliphatic rings. The van der Waals surface area contributed by atoms with Gasteiger partial charge in [0.2, 0.25) is 0 Å². The number of amides is 1. The van der Waals surface area contributed by atoms with Gasteiger partial charge in [-0.1, -0.05) is 34.8 Å². The molecule has 1 amide bonds. The van der Waals surface area contributed by atoms with E-state index in [1.165, 1.54) is 0 Å². The Morgan fingerprint density at radius 2 is 2.07 bits per heavy atom. The van der Waals surface area contributed by atoms with Gasteiger partial charge >= 0.3 is 0 Å². The van der Waals surface area contributed by atoms with Gasteiger partial charge < -0.3 is 10.2 Å². The van der Waals surface area contributed by atoms with E-state index in [4.69, 9.17) is 34.8 Å². The predicted octanol–water partition coefficient (Wildman–Crippen LogP) is 1.57. The van der Waals surface area contributed by atoms with Crippen molar-refractivity contribution in [2.45, 2.75) is 23.2 Å². The Bertz CT molecular complexity index is 217. The molecule has 0 spiro atoms. The largest absolute Gasteiger partial charge is 0.335 e. The van der Waals surface area contributed by atoms with Gasteiger partial charge in [0.25, 0.3) is 9.70 Å². The number of rotatable bonds is 0. The number of carbonyl (C=O) groups excluding carboxylic acids is 1. The second-order valence-electron chi connectivity index (χ2n) is 3.38. The molecule has 6 heteroatoms. The summed E-state index contributed by atoms with van der Waals surface area (Å²) in [6, 6.07) is 0.119. The van der Waals surface area contributed by atoms with Crippen LogP contribution in [0.5, 0.6) is 0 Å². The molecule has 0 aliphatic carbocycles. The smallest absolute Gasteiger partial charge is 0.275 e. The molecule has 1 heterocycles. The third kappa shape index (κ3) is 3.16. The molecule has 0 saturated carbocycles. The molecule has 14 heavy (non-hydrogen) atoms. The molecule has 1 rings (SSSR count). The summed E-state index contributed by atoms with van der Waals surface area (Å²) in [5.41, 5.74) is 0. The van der Waals surface area contributed by atoms with Crippen LogP contribution in [0.15, 0.2) is 0 Å². The maximum Gasteiger partial charge on any atom is 0.275 e. The van der Waals surface area contributed by atoms with Crippen molar-refractivity contribution in [3.05, 3.63) is 0 Å². The molecule has 1 N–H and O–H groups in total. The number of alkyl halides is 3. The van der Waals surface area contributed by atoms with Gasteiger partial charge in [0.05, 0.1) is 0 Å². The number of halogens is 3. The minimum Gasteiger partial charge on any atom is -0.335 e. The maximum absolute atomic E-state index is 11.7. The summed E-state index contributed by atoms with van der Waals surface area (Å²) < 4.78 is -1.83. The van der Waals surface area contributed by atoms with E-state index in [1.54, 1.807) is 4.90 Å². The Labute approximate surface area is 98.7 Å². The summed E-state index contributed by atoms with van der Waals surface area (Å²) in [5.74, 6) is -0.432. The summed E-state index contributed by atoms with van der Waals surface area (Å²) in [6.07, 6.45) is 0.881. The van der Waals surface area contributed by atoms with E-state index in [9.17, 15) is 4.79 Å². The Morgan fingerprint density at radius 3 is 2.64 bits per heavy atom. The van der Waals surface area contributed by atoms with Gasteiger partial charge in [-0.25, -0.2) is 0 Å². The van der Waals surface area contributed by atoms with Crippen LogP contribution in [0.25, 0.3) is 0 Å². The van der Waals surface area contributed by atoms with Gasteiger partial charge in [-0.3, -0.25) is 4.79 Å². The van der Waals surface area contributed by atoms with E-state index in [-0.39, 0.29) is 6.04 Å². The van der Waals surface area contributed by atoms with Crippen molar-refractivity contribution in [2.75, 3.05) is 19.6 Å². The molecular weight excluding hydrogens is 246 g/mol. The van der Waals surface area contributed by atoms with Gasteiger partial charge in [-0.15, -0.1) is 0 Å². The zero-order valence-corrected chi connectivity index (χ0v) is 10.2. The molecule has 3 nitrogen and oxygen atoms in total. The first kappa shape index (κ1) is 12.4. The van der Waals surface area contributed by atoms with Crippen LogP contribution in [0.4, 0.5) is 0 Å². The monoisotopic (exact) mass is 258 g/mol. The first-order chi connectivity index (χ1) is 6.43. The normalized spacial score (nSPS) is 24.6. The fourth-order valence-corrected chi connectivity index (χ4v) is 1.80. The Morgan fingerprint density at radius 1 is 1.43 bits per heavy atom. The highest BCUT2D eigenvalue weighted by Crippen LogP contribution is 2.29. The van der Waals surface area contributed by atoms with Crippen molar-refractivity contribution in [3.8, 4) is 0 Å². The van der Waals surface area contributed by atoms with Crippen molar-refractivity contribution in [3.63, 3.8) is 0 Å². The molecule has 0 aromatic rings. The lowest BCUT2D eigenvalue weighted by Crippen LogP contribution is -2.45. The maximum atomic E-state index is 11.7. The standard InChI is InChI=1S/C8H13Cl3N2O/c1-6-2-3-12-4-5-13(6)7(14)8(9,10)11/h6,12H,2-5H2,1H3. The first-order valence-corrected chi connectivity index (χ1v) is 5.65. The minimum atomic E-state index is -1.83. The number of nitrogens with zero attached hydrogens (tertiary/aromatic N) is 1. The molecule has 0 aromatic heterocycles. The van der Waals surface area contributed by atoms with Gasteiger partial charge in [-0.05, 0) is 19.9 Å². The van der Waals surface area contributed by atoms with E-state index in [0.29, 0.717) is 6.54 Å². The highest BCUT2D eigenvalue weighted by Gasteiger charge is 2.37. The second-order valence-corrected chi connectivity index (χ2v) is 5.67. The highest BCUT2D eigenvalue weighted by atomic mass is 35.6. The van der Waals surface area contributed by atoms with Crippen LogP contribution in [-0.4, -0.2) is 40.3 Å². The third-order valence-electron chi connectivity index (χ3n) is 2.30. The summed E-state index contributed by atoms with van der Waals surface area (Å²) in [6.45, 7) is 4.19. The van der Waals surface area contributed by atoms with E-state index >= 15 is 0 Å². The predicted molar refractivity (Wildman–Crippen MR) is 59.0 cm³/mol. The first-order valence-electron chi connectivity index (χ1n) is 4.51. The molecule has 1 aliphatic heterocycles.